The minimum atomic E-state index is -0.936. The number of nitrogens with one attached hydrogen (secondary N) is 1. The minimum Gasteiger partial charge on any atom is -0.385 e. The van der Waals surface area contributed by atoms with Crippen LogP contribution in [0, 0.1) is 15.3 Å². The van der Waals surface area contributed by atoms with Gasteiger partial charge in [-0.15, -0.1) is 0 Å². The van der Waals surface area contributed by atoms with Crippen LogP contribution in [-0.4, -0.2) is 26.0 Å². The Kier molecular flexibility index (Phi) is 6.05. The molecule has 0 bridgehead atoms. The van der Waals surface area contributed by atoms with Crippen LogP contribution in [-0.2, 0) is 10.4 Å². The van der Waals surface area contributed by atoms with Crippen molar-refractivity contribution in [3.05, 3.63) is 70.1 Å². The molecule has 1 aliphatic rings. The van der Waals surface area contributed by atoms with Gasteiger partial charge in [-0.05, 0) is 66.0 Å². The molecule has 1 fully saturated rings. The van der Waals surface area contributed by atoms with Gasteiger partial charge in [-0.2, -0.15) is 0 Å². The summed E-state index contributed by atoms with van der Waals surface area (Å²) in [5.41, 5.74) is 0.881. The Morgan fingerprint density at radius 2 is 1.83 bits per heavy atom. The van der Waals surface area contributed by atoms with Gasteiger partial charge < -0.3 is 5.11 Å². The Labute approximate surface area is 187 Å². The summed E-state index contributed by atoms with van der Waals surface area (Å²) in [5, 5.41) is 13.8. The molecule has 0 unspecified atom stereocenters. The zero-order valence-corrected chi connectivity index (χ0v) is 18.2. The number of halogens is 2. The van der Waals surface area contributed by atoms with E-state index in [1.165, 1.54) is 18.5 Å². The summed E-state index contributed by atoms with van der Waals surface area (Å²) in [6.45, 7) is 0. The van der Waals surface area contributed by atoms with Crippen LogP contribution in [0.25, 0.3) is 11.1 Å². The third kappa shape index (κ3) is 4.34. The Morgan fingerprint density at radius 3 is 2.50 bits per heavy atom. The molecule has 6 nitrogen and oxygen atoms in total. The molecule has 1 aromatic carbocycles. The van der Waals surface area contributed by atoms with Gasteiger partial charge in [-0.25, -0.2) is 14.4 Å². The topological polar surface area (TPSA) is 88.0 Å². The average molecular weight is 518 g/mol. The molecular weight excluding hydrogens is 498 g/mol. The van der Waals surface area contributed by atoms with Crippen molar-refractivity contribution in [1.82, 2.24) is 15.0 Å². The largest absolute Gasteiger partial charge is 0.385 e. The van der Waals surface area contributed by atoms with Crippen LogP contribution in [0.15, 0.2) is 55.1 Å². The van der Waals surface area contributed by atoms with Crippen LogP contribution in [0.3, 0.4) is 0 Å². The number of pyridine rings is 1. The maximum atomic E-state index is 13.9. The first kappa shape index (κ1) is 20.8. The van der Waals surface area contributed by atoms with E-state index in [2.05, 4.69) is 42.9 Å². The van der Waals surface area contributed by atoms with Gasteiger partial charge in [-0.3, -0.25) is 15.1 Å². The van der Waals surface area contributed by atoms with Crippen molar-refractivity contribution in [2.45, 2.75) is 31.3 Å². The molecule has 3 aromatic rings. The quantitative estimate of drug-likeness (QED) is 0.503. The lowest BCUT2D eigenvalue weighted by Crippen LogP contribution is -2.36. The SMILES string of the molecule is O=C(Nc1ncc(-c2ccccc2F)cn1)[C@H]1CC[C@](O)(c2ccncc2I)CC1. The molecule has 0 saturated heterocycles. The van der Waals surface area contributed by atoms with E-state index in [1.807, 2.05) is 6.07 Å². The molecule has 1 amide bonds. The fourth-order valence-electron chi connectivity index (χ4n) is 3.82. The van der Waals surface area contributed by atoms with Gasteiger partial charge >= 0.3 is 0 Å². The molecule has 0 radical (unpaired) electrons. The molecule has 8 heteroatoms. The lowest BCUT2D eigenvalue weighted by molar-refractivity contribution is -0.123. The second-order valence-electron chi connectivity index (χ2n) is 7.43. The molecule has 2 N–H and O–H groups in total. The number of hydrogen-bond donors (Lipinski definition) is 2. The molecule has 2 aromatic heterocycles. The van der Waals surface area contributed by atoms with Crippen LogP contribution in [0.4, 0.5) is 10.3 Å². The summed E-state index contributed by atoms with van der Waals surface area (Å²) in [6.07, 6.45) is 8.52. The zero-order valence-electron chi connectivity index (χ0n) is 16.1. The van der Waals surface area contributed by atoms with Gasteiger partial charge in [-0.1, -0.05) is 18.2 Å². The summed E-state index contributed by atoms with van der Waals surface area (Å²) in [4.78, 5) is 25.0. The number of carbonyl (C=O) groups is 1. The van der Waals surface area contributed by atoms with Gasteiger partial charge in [0, 0.05) is 45.4 Å². The first-order chi connectivity index (χ1) is 14.5. The summed E-state index contributed by atoms with van der Waals surface area (Å²) < 4.78 is 14.8. The minimum absolute atomic E-state index is 0.167. The van der Waals surface area contributed by atoms with Crippen molar-refractivity contribution in [1.29, 1.82) is 0 Å². The van der Waals surface area contributed by atoms with E-state index >= 15 is 0 Å². The second kappa shape index (κ2) is 8.73. The number of hydrogen-bond acceptors (Lipinski definition) is 5. The van der Waals surface area contributed by atoms with Crippen molar-refractivity contribution >= 4 is 34.4 Å². The van der Waals surface area contributed by atoms with E-state index in [0.29, 0.717) is 36.8 Å². The van der Waals surface area contributed by atoms with E-state index in [4.69, 9.17) is 0 Å². The van der Waals surface area contributed by atoms with Crippen molar-refractivity contribution < 1.29 is 14.3 Å². The number of aliphatic hydroxyl groups is 1. The van der Waals surface area contributed by atoms with Crippen LogP contribution in [0.5, 0.6) is 0 Å². The van der Waals surface area contributed by atoms with Crippen LogP contribution in [0.2, 0.25) is 0 Å². The number of anilines is 1. The number of carbonyl (C=O) groups excluding carboxylic acids is 1. The van der Waals surface area contributed by atoms with E-state index in [-0.39, 0.29) is 23.6 Å². The normalized spacial score (nSPS) is 21.2. The highest BCUT2D eigenvalue weighted by Crippen LogP contribution is 2.41. The Morgan fingerprint density at radius 1 is 1.13 bits per heavy atom. The molecule has 0 spiro atoms. The molecule has 30 heavy (non-hydrogen) atoms. The third-order valence-corrected chi connectivity index (χ3v) is 6.39. The third-order valence-electron chi connectivity index (χ3n) is 5.53. The lowest BCUT2D eigenvalue weighted by atomic mass is 9.75. The maximum absolute atomic E-state index is 13.9. The highest BCUT2D eigenvalue weighted by atomic mass is 127. The first-order valence-electron chi connectivity index (χ1n) is 9.66. The average Bonchev–Trinajstić information content (AvgIpc) is 2.75. The highest BCUT2D eigenvalue weighted by molar-refractivity contribution is 14.1. The van der Waals surface area contributed by atoms with Crippen molar-refractivity contribution in [3.8, 4) is 11.1 Å². The van der Waals surface area contributed by atoms with E-state index in [9.17, 15) is 14.3 Å². The molecule has 0 atom stereocenters. The van der Waals surface area contributed by atoms with Gasteiger partial charge in [0.25, 0.3) is 0 Å². The Bertz CT molecular complexity index is 1050. The van der Waals surface area contributed by atoms with Gasteiger partial charge in [0.05, 0.1) is 5.60 Å². The van der Waals surface area contributed by atoms with Gasteiger partial charge in [0.15, 0.2) is 0 Å². The Hall–Kier alpha value is -2.46. The van der Waals surface area contributed by atoms with E-state index in [0.717, 1.165) is 9.13 Å². The number of benzene rings is 1. The first-order valence-corrected chi connectivity index (χ1v) is 10.7. The predicted molar refractivity (Wildman–Crippen MR) is 119 cm³/mol. The fourth-order valence-corrected chi connectivity index (χ4v) is 4.66. The maximum Gasteiger partial charge on any atom is 0.229 e. The number of nitrogens with zero attached hydrogens (tertiary/aromatic N) is 3. The number of amides is 1. The van der Waals surface area contributed by atoms with Crippen LogP contribution >= 0.6 is 22.6 Å². The van der Waals surface area contributed by atoms with Crippen LogP contribution < -0.4 is 5.32 Å². The summed E-state index contributed by atoms with van der Waals surface area (Å²) >= 11 is 2.17. The molecule has 1 saturated carbocycles. The fraction of sp³-hybridized carbons (Fsp3) is 0.273. The predicted octanol–water partition coefficient (Wildman–Crippen LogP) is 4.30. The van der Waals surface area contributed by atoms with Crippen molar-refractivity contribution in [2.75, 3.05) is 5.32 Å². The lowest BCUT2D eigenvalue weighted by Gasteiger charge is -2.36. The monoisotopic (exact) mass is 518 g/mol. The summed E-state index contributed by atoms with van der Waals surface area (Å²) in [7, 11) is 0. The molecule has 154 valence electrons. The van der Waals surface area contributed by atoms with Gasteiger partial charge in [0.1, 0.15) is 5.82 Å². The molecular formula is C22H20FIN4O2. The van der Waals surface area contributed by atoms with Gasteiger partial charge in [0.2, 0.25) is 11.9 Å². The highest BCUT2D eigenvalue weighted by Gasteiger charge is 2.38. The molecule has 0 aliphatic heterocycles. The molecule has 2 heterocycles. The smallest absolute Gasteiger partial charge is 0.229 e. The molecule has 4 rings (SSSR count). The number of aromatic nitrogens is 3. The zero-order chi connectivity index (χ0) is 21.1. The van der Waals surface area contributed by atoms with E-state index < -0.39 is 5.60 Å². The summed E-state index contributed by atoms with van der Waals surface area (Å²) in [6, 6.07) is 8.23. The molecule has 1 aliphatic carbocycles. The van der Waals surface area contributed by atoms with Crippen molar-refractivity contribution in [3.63, 3.8) is 0 Å². The number of rotatable bonds is 4. The van der Waals surface area contributed by atoms with Crippen LogP contribution in [0.1, 0.15) is 31.2 Å². The van der Waals surface area contributed by atoms with E-state index in [1.54, 1.807) is 30.6 Å². The summed E-state index contributed by atoms with van der Waals surface area (Å²) in [5.74, 6) is -0.555. The Balaban J connectivity index is 1.38. The second-order valence-corrected chi connectivity index (χ2v) is 8.59. The standard InChI is InChI=1S/C22H20FIN4O2/c23-18-4-2-1-3-16(18)15-11-26-21(27-12-15)28-20(29)14-5-8-22(30,9-6-14)17-7-10-25-13-19(17)24/h1-4,7,10-14,30H,5-6,8-9H2,(H,26,27,28,29)/t14-,22+. The van der Waals surface area contributed by atoms with Crippen molar-refractivity contribution in [2.24, 2.45) is 5.92 Å².